The molecule has 0 unspecified atom stereocenters. The van der Waals surface area contributed by atoms with E-state index in [1.54, 1.807) is 17.0 Å². The van der Waals surface area contributed by atoms with Crippen LogP contribution in [0.5, 0.6) is 0 Å². The molecule has 1 N–H and O–H groups in total. The Morgan fingerprint density at radius 2 is 2.06 bits per heavy atom. The Kier molecular flexibility index (Phi) is 2.75. The molecule has 1 aliphatic rings. The van der Waals surface area contributed by atoms with Crippen LogP contribution >= 0.6 is 0 Å². The number of anilines is 1. The van der Waals surface area contributed by atoms with E-state index in [-0.39, 0.29) is 0 Å². The first kappa shape index (κ1) is 10.8. The van der Waals surface area contributed by atoms with Crippen LogP contribution in [0.2, 0.25) is 0 Å². The van der Waals surface area contributed by atoms with Crippen LogP contribution in [-0.4, -0.2) is 31.8 Å². The fraction of sp³-hybridized carbons (Fsp3) is 0.333. The van der Waals surface area contributed by atoms with Crippen molar-refractivity contribution in [3.8, 4) is 0 Å². The molecule has 0 atom stereocenters. The second-order valence-electron chi connectivity index (χ2n) is 3.86. The zero-order chi connectivity index (χ0) is 11.7. The minimum absolute atomic E-state index is 0.394. The summed E-state index contributed by atoms with van der Waals surface area (Å²) in [4.78, 5) is 25.0. The summed E-state index contributed by atoms with van der Waals surface area (Å²) in [6.07, 6.45) is 0. The van der Waals surface area contributed by atoms with Crippen molar-refractivity contribution in [2.45, 2.75) is 6.92 Å². The molecular formula is C12H14N2O2. The van der Waals surface area contributed by atoms with Crippen LogP contribution in [0, 0.1) is 6.92 Å². The van der Waals surface area contributed by atoms with Crippen molar-refractivity contribution in [3.05, 3.63) is 29.3 Å². The van der Waals surface area contributed by atoms with Crippen LogP contribution in [0.15, 0.2) is 18.2 Å². The number of amides is 1. The number of carbonyl (C=O) groups is 2. The monoisotopic (exact) mass is 218 g/mol. The fourth-order valence-electron chi connectivity index (χ4n) is 1.98. The van der Waals surface area contributed by atoms with Crippen molar-refractivity contribution in [3.63, 3.8) is 0 Å². The first-order valence-electron chi connectivity index (χ1n) is 5.27. The molecule has 1 aromatic rings. The lowest BCUT2D eigenvalue weighted by atomic mass is 10.1. The molecule has 1 amide bonds. The molecule has 0 aromatic heterocycles. The average molecular weight is 218 g/mol. The van der Waals surface area contributed by atoms with E-state index >= 15 is 0 Å². The maximum Gasteiger partial charge on any atom is 0.299 e. The molecule has 1 heterocycles. The van der Waals surface area contributed by atoms with Crippen LogP contribution in [0.1, 0.15) is 15.9 Å². The van der Waals surface area contributed by atoms with Crippen molar-refractivity contribution in [1.29, 1.82) is 0 Å². The van der Waals surface area contributed by atoms with E-state index in [1.807, 2.05) is 20.0 Å². The number of hydrogen-bond acceptors (Lipinski definition) is 3. The Bertz CT molecular complexity index is 454. The van der Waals surface area contributed by atoms with Gasteiger partial charge < -0.3 is 10.2 Å². The Balaban J connectivity index is 2.43. The average Bonchev–Trinajstić information content (AvgIpc) is 2.52. The van der Waals surface area contributed by atoms with Crippen LogP contribution < -0.4 is 10.2 Å². The summed E-state index contributed by atoms with van der Waals surface area (Å²) in [6.45, 7) is 3.11. The molecule has 1 aliphatic heterocycles. The summed E-state index contributed by atoms with van der Waals surface area (Å²) in [5.74, 6) is -0.811. The number of hydrogen-bond donors (Lipinski definition) is 1. The molecule has 0 radical (unpaired) electrons. The highest BCUT2D eigenvalue weighted by Crippen LogP contribution is 2.31. The Morgan fingerprint density at radius 1 is 1.31 bits per heavy atom. The molecule has 2 rings (SSSR count). The summed E-state index contributed by atoms with van der Waals surface area (Å²) in [7, 11) is 1.82. The van der Waals surface area contributed by atoms with Gasteiger partial charge in [-0.05, 0) is 25.6 Å². The number of likely N-dealkylation sites (N-methyl/N-ethyl adjacent to an activating group) is 1. The number of fused-ring (bicyclic) bond motifs is 1. The molecule has 0 fully saturated rings. The smallest absolute Gasteiger partial charge is 0.299 e. The van der Waals surface area contributed by atoms with Crippen molar-refractivity contribution >= 4 is 17.4 Å². The highest BCUT2D eigenvalue weighted by molar-refractivity contribution is 6.52. The van der Waals surface area contributed by atoms with Gasteiger partial charge in [0, 0.05) is 13.1 Å². The van der Waals surface area contributed by atoms with E-state index < -0.39 is 11.7 Å². The first-order valence-corrected chi connectivity index (χ1v) is 5.27. The molecule has 4 heteroatoms. The highest BCUT2D eigenvalue weighted by Gasteiger charge is 2.36. The van der Waals surface area contributed by atoms with E-state index in [0.29, 0.717) is 18.7 Å². The minimum Gasteiger partial charge on any atom is -0.318 e. The van der Waals surface area contributed by atoms with E-state index in [4.69, 9.17) is 0 Å². The topological polar surface area (TPSA) is 49.4 Å². The number of ketones is 1. The summed E-state index contributed by atoms with van der Waals surface area (Å²) in [5.41, 5.74) is 2.27. The molecular weight excluding hydrogens is 204 g/mol. The number of rotatable bonds is 3. The van der Waals surface area contributed by atoms with Crippen LogP contribution in [0.4, 0.5) is 5.69 Å². The van der Waals surface area contributed by atoms with Gasteiger partial charge in [-0.3, -0.25) is 9.59 Å². The van der Waals surface area contributed by atoms with Crippen molar-refractivity contribution in [2.24, 2.45) is 0 Å². The second-order valence-corrected chi connectivity index (χ2v) is 3.86. The third-order valence-corrected chi connectivity index (χ3v) is 2.78. The van der Waals surface area contributed by atoms with E-state index in [0.717, 1.165) is 11.3 Å². The van der Waals surface area contributed by atoms with Gasteiger partial charge in [-0.25, -0.2) is 0 Å². The number of nitrogens with zero attached hydrogens (tertiary/aromatic N) is 1. The molecule has 16 heavy (non-hydrogen) atoms. The molecule has 0 saturated heterocycles. The predicted molar refractivity (Wildman–Crippen MR) is 61.8 cm³/mol. The molecule has 1 aromatic carbocycles. The maximum absolute atomic E-state index is 11.8. The van der Waals surface area contributed by atoms with Crippen LogP contribution in [-0.2, 0) is 4.79 Å². The number of nitrogens with one attached hydrogen (secondary N) is 1. The van der Waals surface area contributed by atoms with Gasteiger partial charge in [0.15, 0.2) is 0 Å². The molecule has 0 bridgehead atoms. The summed E-state index contributed by atoms with van der Waals surface area (Å²) < 4.78 is 0. The number of Topliss-reactive ketones (excluding diaryl/α,β-unsaturated/α-hetero) is 1. The molecule has 0 saturated carbocycles. The van der Waals surface area contributed by atoms with Gasteiger partial charge >= 0.3 is 0 Å². The lowest BCUT2D eigenvalue weighted by Gasteiger charge is -2.17. The molecule has 84 valence electrons. The van der Waals surface area contributed by atoms with Gasteiger partial charge in [0.05, 0.1) is 11.3 Å². The lowest BCUT2D eigenvalue weighted by molar-refractivity contribution is -0.114. The minimum atomic E-state index is -0.417. The van der Waals surface area contributed by atoms with E-state index in [1.165, 1.54) is 0 Å². The Labute approximate surface area is 94.2 Å². The van der Waals surface area contributed by atoms with Gasteiger partial charge in [0.25, 0.3) is 11.7 Å². The standard InChI is InChI=1S/C12H14N2O2/c1-8-4-3-5-9-10(8)14(7-6-13-2)12(16)11(9)15/h3-5,13H,6-7H2,1-2H3. The normalized spacial score (nSPS) is 14.5. The van der Waals surface area contributed by atoms with Crippen molar-refractivity contribution < 1.29 is 9.59 Å². The van der Waals surface area contributed by atoms with Crippen molar-refractivity contribution in [1.82, 2.24) is 5.32 Å². The van der Waals surface area contributed by atoms with E-state index in [2.05, 4.69) is 5.32 Å². The summed E-state index contributed by atoms with van der Waals surface area (Å²) in [6, 6.07) is 5.43. The fourth-order valence-corrected chi connectivity index (χ4v) is 1.98. The van der Waals surface area contributed by atoms with Crippen LogP contribution in [0.3, 0.4) is 0 Å². The lowest BCUT2D eigenvalue weighted by Crippen LogP contribution is -2.35. The summed E-state index contributed by atoms with van der Waals surface area (Å²) >= 11 is 0. The number of carbonyl (C=O) groups excluding carboxylic acids is 2. The highest BCUT2D eigenvalue weighted by atomic mass is 16.2. The molecule has 0 spiro atoms. The zero-order valence-corrected chi connectivity index (χ0v) is 9.41. The number of para-hydroxylation sites is 1. The van der Waals surface area contributed by atoms with Gasteiger partial charge in [-0.2, -0.15) is 0 Å². The second kappa shape index (κ2) is 4.06. The van der Waals surface area contributed by atoms with Crippen molar-refractivity contribution in [2.75, 3.05) is 25.0 Å². The molecule has 4 nitrogen and oxygen atoms in total. The van der Waals surface area contributed by atoms with E-state index in [9.17, 15) is 9.59 Å². The maximum atomic E-state index is 11.8. The van der Waals surface area contributed by atoms with Gasteiger partial charge in [0.2, 0.25) is 0 Å². The van der Waals surface area contributed by atoms with Crippen LogP contribution in [0.25, 0.3) is 0 Å². The Hall–Kier alpha value is -1.68. The Morgan fingerprint density at radius 3 is 2.75 bits per heavy atom. The quantitative estimate of drug-likeness (QED) is 0.761. The number of aryl methyl sites for hydroxylation is 1. The zero-order valence-electron chi connectivity index (χ0n) is 9.41. The van der Waals surface area contributed by atoms with Gasteiger partial charge in [0.1, 0.15) is 0 Å². The molecule has 0 aliphatic carbocycles. The third-order valence-electron chi connectivity index (χ3n) is 2.78. The predicted octanol–water partition coefficient (Wildman–Crippen LogP) is 0.744. The largest absolute Gasteiger partial charge is 0.318 e. The van der Waals surface area contributed by atoms with Gasteiger partial charge in [-0.15, -0.1) is 0 Å². The summed E-state index contributed by atoms with van der Waals surface area (Å²) in [5, 5.41) is 2.98. The number of benzene rings is 1. The van der Waals surface area contributed by atoms with Gasteiger partial charge in [-0.1, -0.05) is 12.1 Å². The SMILES string of the molecule is CNCCN1C(=O)C(=O)c2cccc(C)c21. The first-order chi connectivity index (χ1) is 7.66. The third kappa shape index (κ3) is 1.51.